The molecule has 1 saturated heterocycles. The Bertz CT molecular complexity index is 482. The maximum Gasteiger partial charge on any atom is 0.250 e. The van der Waals surface area contributed by atoms with Crippen LogP contribution in [0.4, 0.5) is 10.1 Å². The van der Waals surface area contributed by atoms with Gasteiger partial charge < -0.3 is 5.32 Å². The SMILES string of the molecule is CCC1NC(=O)CN(c2c(C)cccc2F)C1=O. The van der Waals surface area contributed by atoms with Crippen LogP contribution in [-0.2, 0) is 9.59 Å². The van der Waals surface area contributed by atoms with Gasteiger partial charge in [0.2, 0.25) is 11.8 Å². The summed E-state index contributed by atoms with van der Waals surface area (Å²) in [6.07, 6.45) is 0.495. The fourth-order valence-corrected chi connectivity index (χ4v) is 2.14. The lowest BCUT2D eigenvalue weighted by molar-refractivity contribution is -0.131. The molecule has 0 aliphatic carbocycles. The lowest BCUT2D eigenvalue weighted by atomic mass is 10.1. The number of nitrogens with zero attached hydrogens (tertiary/aromatic N) is 1. The van der Waals surface area contributed by atoms with Gasteiger partial charge in [-0.2, -0.15) is 0 Å². The van der Waals surface area contributed by atoms with Crippen molar-refractivity contribution in [2.45, 2.75) is 26.3 Å². The van der Waals surface area contributed by atoms with Crippen LogP contribution in [0.25, 0.3) is 0 Å². The fraction of sp³-hybridized carbons (Fsp3) is 0.385. The maximum atomic E-state index is 13.8. The summed E-state index contributed by atoms with van der Waals surface area (Å²) in [5.41, 5.74) is 0.851. The number of amides is 2. The average molecular weight is 250 g/mol. The number of benzene rings is 1. The van der Waals surface area contributed by atoms with Crippen molar-refractivity contribution in [3.8, 4) is 0 Å². The van der Waals surface area contributed by atoms with E-state index in [1.54, 1.807) is 26.0 Å². The predicted octanol–water partition coefficient (Wildman–Crippen LogP) is 1.38. The molecule has 1 heterocycles. The van der Waals surface area contributed by atoms with Gasteiger partial charge in [0.25, 0.3) is 0 Å². The van der Waals surface area contributed by atoms with E-state index in [0.29, 0.717) is 12.0 Å². The van der Waals surface area contributed by atoms with Gasteiger partial charge in [0, 0.05) is 0 Å². The Kier molecular flexibility index (Phi) is 3.32. The Balaban J connectivity index is 2.42. The number of hydrogen-bond donors (Lipinski definition) is 1. The van der Waals surface area contributed by atoms with E-state index in [0.717, 1.165) is 0 Å². The third-order valence-electron chi connectivity index (χ3n) is 3.07. The van der Waals surface area contributed by atoms with E-state index in [2.05, 4.69) is 5.32 Å². The van der Waals surface area contributed by atoms with Gasteiger partial charge in [0.05, 0.1) is 5.69 Å². The van der Waals surface area contributed by atoms with Crippen LogP contribution in [0.2, 0.25) is 0 Å². The molecule has 0 saturated carbocycles. The number of rotatable bonds is 2. The smallest absolute Gasteiger partial charge is 0.250 e. The summed E-state index contributed by atoms with van der Waals surface area (Å²) in [4.78, 5) is 24.9. The van der Waals surface area contributed by atoms with Crippen molar-refractivity contribution in [3.05, 3.63) is 29.6 Å². The number of carbonyl (C=O) groups is 2. The lowest BCUT2D eigenvalue weighted by Crippen LogP contribution is -2.58. The first kappa shape index (κ1) is 12.5. The number of carbonyl (C=O) groups excluding carboxylic acids is 2. The molecule has 1 aromatic carbocycles. The Labute approximate surface area is 105 Å². The summed E-state index contributed by atoms with van der Waals surface area (Å²) in [6, 6.07) is 4.03. The molecule has 96 valence electrons. The zero-order valence-electron chi connectivity index (χ0n) is 10.4. The van der Waals surface area contributed by atoms with Crippen LogP contribution in [0.15, 0.2) is 18.2 Å². The van der Waals surface area contributed by atoms with Crippen molar-refractivity contribution in [1.82, 2.24) is 5.32 Å². The van der Waals surface area contributed by atoms with Crippen molar-refractivity contribution in [2.24, 2.45) is 0 Å². The van der Waals surface area contributed by atoms with Crippen LogP contribution in [0.5, 0.6) is 0 Å². The van der Waals surface area contributed by atoms with E-state index < -0.39 is 11.9 Å². The number of halogens is 1. The zero-order valence-corrected chi connectivity index (χ0v) is 10.4. The molecule has 4 nitrogen and oxygen atoms in total. The molecule has 1 atom stereocenters. The molecule has 2 rings (SSSR count). The summed E-state index contributed by atoms with van der Waals surface area (Å²) in [7, 11) is 0. The van der Waals surface area contributed by atoms with Crippen molar-refractivity contribution >= 4 is 17.5 Å². The number of piperazine rings is 1. The second-order valence-electron chi connectivity index (χ2n) is 4.36. The topological polar surface area (TPSA) is 49.4 Å². The number of para-hydroxylation sites is 1. The van der Waals surface area contributed by atoms with Crippen LogP contribution in [0.1, 0.15) is 18.9 Å². The minimum Gasteiger partial charge on any atom is -0.343 e. The second kappa shape index (κ2) is 4.76. The normalized spacial score (nSPS) is 19.9. The number of nitrogens with one attached hydrogen (secondary N) is 1. The van der Waals surface area contributed by atoms with Gasteiger partial charge in [-0.05, 0) is 25.0 Å². The molecule has 18 heavy (non-hydrogen) atoms. The van der Waals surface area contributed by atoms with Crippen LogP contribution in [-0.4, -0.2) is 24.4 Å². The van der Waals surface area contributed by atoms with Crippen molar-refractivity contribution < 1.29 is 14.0 Å². The molecule has 1 aliphatic heterocycles. The third kappa shape index (κ3) is 2.08. The molecule has 2 amide bonds. The van der Waals surface area contributed by atoms with E-state index >= 15 is 0 Å². The van der Waals surface area contributed by atoms with Crippen LogP contribution < -0.4 is 10.2 Å². The Morgan fingerprint density at radius 1 is 1.44 bits per heavy atom. The first-order valence-corrected chi connectivity index (χ1v) is 5.90. The standard InChI is InChI=1S/C13H15FN2O2/c1-3-10-13(18)16(7-11(17)15-10)12-8(2)5-4-6-9(12)14/h4-6,10H,3,7H2,1-2H3,(H,15,17). The molecule has 0 radical (unpaired) electrons. The van der Waals surface area contributed by atoms with E-state index in [-0.39, 0.29) is 24.0 Å². The van der Waals surface area contributed by atoms with Crippen LogP contribution in [0, 0.1) is 12.7 Å². The molecular weight excluding hydrogens is 235 g/mol. The van der Waals surface area contributed by atoms with Gasteiger partial charge in [-0.25, -0.2) is 4.39 Å². The molecule has 1 aromatic rings. The highest BCUT2D eigenvalue weighted by atomic mass is 19.1. The second-order valence-corrected chi connectivity index (χ2v) is 4.36. The van der Waals surface area contributed by atoms with Crippen molar-refractivity contribution in [2.75, 3.05) is 11.4 Å². The Morgan fingerprint density at radius 3 is 2.78 bits per heavy atom. The van der Waals surface area contributed by atoms with Gasteiger partial charge in [-0.15, -0.1) is 0 Å². The summed E-state index contributed by atoms with van der Waals surface area (Å²) in [5.74, 6) is -0.998. The average Bonchev–Trinajstić information content (AvgIpc) is 2.32. The number of aryl methyl sites for hydroxylation is 1. The molecule has 1 N–H and O–H groups in total. The van der Waals surface area contributed by atoms with Gasteiger partial charge in [0.15, 0.2) is 0 Å². The molecule has 5 heteroatoms. The Hall–Kier alpha value is -1.91. The summed E-state index contributed by atoms with van der Waals surface area (Å²) in [5, 5.41) is 2.60. The van der Waals surface area contributed by atoms with Crippen LogP contribution in [0.3, 0.4) is 0 Å². The van der Waals surface area contributed by atoms with Crippen molar-refractivity contribution in [3.63, 3.8) is 0 Å². The monoisotopic (exact) mass is 250 g/mol. The highest BCUT2D eigenvalue weighted by molar-refractivity contribution is 6.06. The number of hydrogen-bond acceptors (Lipinski definition) is 2. The molecule has 1 fully saturated rings. The summed E-state index contributed by atoms with van der Waals surface area (Å²) < 4.78 is 13.8. The van der Waals surface area contributed by atoms with Gasteiger partial charge in [-0.3, -0.25) is 14.5 Å². The minimum atomic E-state index is -0.565. The Morgan fingerprint density at radius 2 is 2.17 bits per heavy atom. The van der Waals surface area contributed by atoms with Gasteiger partial charge in [-0.1, -0.05) is 19.1 Å². The fourth-order valence-electron chi connectivity index (χ4n) is 2.14. The highest BCUT2D eigenvalue weighted by Gasteiger charge is 2.34. The van der Waals surface area contributed by atoms with E-state index in [1.807, 2.05) is 0 Å². The molecule has 0 spiro atoms. The van der Waals surface area contributed by atoms with Gasteiger partial charge >= 0.3 is 0 Å². The maximum absolute atomic E-state index is 13.8. The quantitative estimate of drug-likeness (QED) is 0.862. The summed E-state index contributed by atoms with van der Waals surface area (Å²) in [6.45, 7) is 3.40. The molecule has 1 aliphatic rings. The minimum absolute atomic E-state index is 0.128. The third-order valence-corrected chi connectivity index (χ3v) is 3.07. The van der Waals surface area contributed by atoms with Crippen LogP contribution >= 0.6 is 0 Å². The molecule has 0 bridgehead atoms. The molecule has 0 aromatic heterocycles. The number of anilines is 1. The first-order valence-electron chi connectivity index (χ1n) is 5.90. The predicted molar refractivity (Wildman–Crippen MR) is 65.7 cm³/mol. The molecular formula is C13H15FN2O2. The summed E-state index contributed by atoms with van der Waals surface area (Å²) >= 11 is 0. The van der Waals surface area contributed by atoms with Crippen molar-refractivity contribution in [1.29, 1.82) is 0 Å². The lowest BCUT2D eigenvalue weighted by Gasteiger charge is -2.33. The van der Waals surface area contributed by atoms with Gasteiger partial charge in [0.1, 0.15) is 18.4 Å². The van der Waals surface area contributed by atoms with E-state index in [4.69, 9.17) is 0 Å². The highest BCUT2D eigenvalue weighted by Crippen LogP contribution is 2.25. The largest absolute Gasteiger partial charge is 0.343 e. The van der Waals surface area contributed by atoms with E-state index in [9.17, 15) is 14.0 Å². The molecule has 1 unspecified atom stereocenters. The first-order chi connectivity index (χ1) is 8.54. The zero-order chi connectivity index (χ0) is 13.3. The van der Waals surface area contributed by atoms with E-state index in [1.165, 1.54) is 11.0 Å².